The van der Waals surface area contributed by atoms with Gasteiger partial charge in [0, 0.05) is 10.0 Å². The Labute approximate surface area is 126 Å². The smallest absolute Gasteiger partial charge is 0.125 e. The van der Waals surface area contributed by atoms with Crippen molar-refractivity contribution in [3.05, 3.63) is 63.4 Å². The molecule has 0 bridgehead atoms. The van der Waals surface area contributed by atoms with Crippen LogP contribution in [0.5, 0.6) is 5.75 Å². The molecule has 2 rings (SSSR count). The molecular weight excluding hydrogens is 323 g/mol. The first kappa shape index (κ1) is 15.0. The van der Waals surface area contributed by atoms with Crippen LogP contribution < -0.4 is 16.0 Å². The summed E-state index contributed by atoms with van der Waals surface area (Å²) in [5.41, 5.74) is 5.41. The van der Waals surface area contributed by atoms with Gasteiger partial charge in [-0.1, -0.05) is 28.1 Å². The zero-order chi connectivity index (χ0) is 14.7. The fourth-order valence-electron chi connectivity index (χ4n) is 2.23. The van der Waals surface area contributed by atoms with Crippen molar-refractivity contribution in [1.82, 2.24) is 5.43 Å². The van der Waals surface area contributed by atoms with Gasteiger partial charge in [0.25, 0.3) is 0 Å². The molecule has 0 aliphatic carbocycles. The van der Waals surface area contributed by atoms with E-state index in [0.717, 1.165) is 21.2 Å². The first-order chi connectivity index (χ1) is 9.56. The predicted molar refractivity (Wildman–Crippen MR) is 81.0 cm³/mol. The summed E-state index contributed by atoms with van der Waals surface area (Å²) in [5, 5.41) is 0. The van der Waals surface area contributed by atoms with Crippen LogP contribution in [0.4, 0.5) is 4.39 Å². The number of benzene rings is 2. The number of halogens is 2. The van der Waals surface area contributed by atoms with Gasteiger partial charge in [-0.25, -0.2) is 9.82 Å². The zero-order valence-electron chi connectivity index (χ0n) is 11.3. The number of hydrogen-bond donors (Lipinski definition) is 2. The van der Waals surface area contributed by atoms with E-state index in [2.05, 4.69) is 21.4 Å². The van der Waals surface area contributed by atoms with Gasteiger partial charge >= 0.3 is 0 Å². The van der Waals surface area contributed by atoms with Gasteiger partial charge in [0.15, 0.2) is 0 Å². The molecule has 0 radical (unpaired) electrons. The van der Waals surface area contributed by atoms with Crippen LogP contribution >= 0.6 is 15.9 Å². The van der Waals surface area contributed by atoms with Gasteiger partial charge < -0.3 is 4.74 Å². The summed E-state index contributed by atoms with van der Waals surface area (Å²) >= 11 is 3.41. The predicted octanol–water partition coefficient (Wildman–Crippen LogP) is 3.46. The van der Waals surface area contributed by atoms with Crippen molar-refractivity contribution < 1.29 is 9.13 Å². The molecule has 106 valence electrons. The summed E-state index contributed by atoms with van der Waals surface area (Å²) in [6.45, 7) is 1.86. The van der Waals surface area contributed by atoms with E-state index in [0.29, 0.717) is 5.75 Å². The second-order valence-corrected chi connectivity index (χ2v) is 5.40. The van der Waals surface area contributed by atoms with Gasteiger partial charge in [-0.05, 0) is 42.3 Å². The molecule has 1 unspecified atom stereocenters. The maximum atomic E-state index is 13.2. The minimum absolute atomic E-state index is 0.259. The van der Waals surface area contributed by atoms with Crippen LogP contribution in [0.25, 0.3) is 0 Å². The Balaban J connectivity index is 2.52. The SMILES string of the molecule is COc1cc(Br)ccc1C(NN)c1ccc(F)cc1C. The molecule has 0 heterocycles. The van der Waals surface area contributed by atoms with E-state index >= 15 is 0 Å². The van der Waals surface area contributed by atoms with Crippen molar-refractivity contribution in [2.75, 3.05) is 7.11 Å². The molecule has 0 saturated heterocycles. The summed E-state index contributed by atoms with van der Waals surface area (Å²) in [5.74, 6) is 6.15. The molecule has 0 saturated carbocycles. The van der Waals surface area contributed by atoms with Crippen LogP contribution in [0, 0.1) is 12.7 Å². The Morgan fingerprint density at radius 2 is 1.90 bits per heavy atom. The molecule has 3 nitrogen and oxygen atoms in total. The largest absolute Gasteiger partial charge is 0.496 e. The summed E-state index contributed by atoms with van der Waals surface area (Å²) in [4.78, 5) is 0. The van der Waals surface area contributed by atoms with Gasteiger partial charge in [-0.15, -0.1) is 0 Å². The third-order valence-corrected chi connectivity index (χ3v) is 3.71. The van der Waals surface area contributed by atoms with Crippen molar-refractivity contribution in [3.8, 4) is 5.75 Å². The van der Waals surface area contributed by atoms with Crippen LogP contribution in [0.2, 0.25) is 0 Å². The quantitative estimate of drug-likeness (QED) is 0.663. The monoisotopic (exact) mass is 338 g/mol. The van der Waals surface area contributed by atoms with E-state index in [9.17, 15) is 4.39 Å². The minimum atomic E-state index is -0.265. The van der Waals surface area contributed by atoms with Gasteiger partial charge in [0.05, 0.1) is 13.2 Å². The minimum Gasteiger partial charge on any atom is -0.496 e. The number of methoxy groups -OCH3 is 1. The summed E-state index contributed by atoms with van der Waals surface area (Å²) < 4.78 is 19.5. The molecular formula is C15H16BrFN2O. The van der Waals surface area contributed by atoms with Gasteiger partial charge in [0.1, 0.15) is 11.6 Å². The van der Waals surface area contributed by atoms with E-state index in [-0.39, 0.29) is 11.9 Å². The molecule has 0 fully saturated rings. The van der Waals surface area contributed by atoms with Crippen LogP contribution in [0.3, 0.4) is 0 Å². The lowest BCUT2D eigenvalue weighted by atomic mass is 9.95. The lowest BCUT2D eigenvalue weighted by Gasteiger charge is -2.21. The third-order valence-electron chi connectivity index (χ3n) is 3.22. The first-order valence-electron chi connectivity index (χ1n) is 6.12. The number of nitrogens with one attached hydrogen (secondary N) is 1. The summed E-state index contributed by atoms with van der Waals surface area (Å²) in [6, 6.07) is 10.1. The van der Waals surface area contributed by atoms with E-state index < -0.39 is 0 Å². The Kier molecular flexibility index (Phi) is 4.75. The molecule has 0 aromatic heterocycles. The summed E-state index contributed by atoms with van der Waals surface area (Å²) in [6.07, 6.45) is 0. The average molecular weight is 339 g/mol. The van der Waals surface area contributed by atoms with Crippen LogP contribution in [-0.2, 0) is 0 Å². The fourth-order valence-corrected chi connectivity index (χ4v) is 2.57. The lowest BCUT2D eigenvalue weighted by molar-refractivity contribution is 0.404. The standard InChI is InChI=1S/C15H16BrFN2O/c1-9-7-11(17)4-6-12(9)15(19-18)13-5-3-10(16)8-14(13)20-2/h3-8,15,19H,18H2,1-2H3. The highest BCUT2D eigenvalue weighted by molar-refractivity contribution is 9.10. The summed E-state index contributed by atoms with van der Waals surface area (Å²) in [7, 11) is 1.61. The van der Waals surface area contributed by atoms with Crippen LogP contribution in [0.15, 0.2) is 40.9 Å². The van der Waals surface area contributed by atoms with Crippen LogP contribution in [-0.4, -0.2) is 7.11 Å². The topological polar surface area (TPSA) is 47.3 Å². The zero-order valence-corrected chi connectivity index (χ0v) is 12.9. The van der Waals surface area contributed by atoms with Crippen LogP contribution in [0.1, 0.15) is 22.7 Å². The molecule has 0 spiro atoms. The first-order valence-corrected chi connectivity index (χ1v) is 6.91. The number of ether oxygens (including phenoxy) is 1. The fraction of sp³-hybridized carbons (Fsp3) is 0.200. The van der Waals surface area contributed by atoms with Crippen molar-refractivity contribution in [3.63, 3.8) is 0 Å². The molecule has 5 heteroatoms. The van der Waals surface area contributed by atoms with Crippen molar-refractivity contribution in [2.24, 2.45) is 5.84 Å². The molecule has 1 atom stereocenters. The van der Waals surface area contributed by atoms with Gasteiger partial charge in [0.2, 0.25) is 0 Å². The molecule has 0 aliphatic rings. The Morgan fingerprint density at radius 3 is 2.50 bits per heavy atom. The number of hydrogen-bond acceptors (Lipinski definition) is 3. The van der Waals surface area contributed by atoms with E-state index in [1.165, 1.54) is 12.1 Å². The van der Waals surface area contributed by atoms with E-state index in [1.54, 1.807) is 13.2 Å². The molecule has 0 aliphatic heterocycles. The maximum Gasteiger partial charge on any atom is 0.125 e. The van der Waals surface area contributed by atoms with E-state index in [4.69, 9.17) is 10.6 Å². The maximum absolute atomic E-state index is 13.2. The highest BCUT2D eigenvalue weighted by atomic mass is 79.9. The number of nitrogens with two attached hydrogens (primary N) is 1. The number of aryl methyl sites for hydroxylation is 1. The second-order valence-electron chi connectivity index (χ2n) is 4.49. The number of hydrazine groups is 1. The van der Waals surface area contributed by atoms with Crippen molar-refractivity contribution >= 4 is 15.9 Å². The Morgan fingerprint density at radius 1 is 1.20 bits per heavy atom. The molecule has 0 amide bonds. The highest BCUT2D eigenvalue weighted by Crippen LogP contribution is 2.33. The second kappa shape index (κ2) is 6.35. The molecule has 2 aromatic carbocycles. The normalized spacial score (nSPS) is 12.2. The number of rotatable bonds is 4. The average Bonchev–Trinajstić information content (AvgIpc) is 2.43. The third kappa shape index (κ3) is 3.00. The van der Waals surface area contributed by atoms with Crippen molar-refractivity contribution in [2.45, 2.75) is 13.0 Å². The lowest BCUT2D eigenvalue weighted by Crippen LogP contribution is -2.29. The Bertz CT molecular complexity index is 619. The Hall–Kier alpha value is -1.43. The molecule has 3 N–H and O–H groups in total. The molecule has 20 heavy (non-hydrogen) atoms. The van der Waals surface area contributed by atoms with Crippen molar-refractivity contribution in [1.29, 1.82) is 0 Å². The van der Waals surface area contributed by atoms with E-state index in [1.807, 2.05) is 25.1 Å². The highest BCUT2D eigenvalue weighted by Gasteiger charge is 2.19. The van der Waals surface area contributed by atoms with Gasteiger partial charge in [-0.2, -0.15) is 0 Å². The molecule has 2 aromatic rings. The van der Waals surface area contributed by atoms with Gasteiger partial charge in [-0.3, -0.25) is 5.84 Å².